The third-order valence-electron chi connectivity index (χ3n) is 7.42. The zero-order chi connectivity index (χ0) is 21.4. The smallest absolute Gasteiger partial charge is 0.246 e. The van der Waals surface area contributed by atoms with Crippen molar-refractivity contribution >= 4 is 29.4 Å². The third-order valence-corrected chi connectivity index (χ3v) is 8.93. The Bertz CT molecular complexity index is 815. The van der Waals surface area contributed by atoms with Crippen LogP contribution in [0.2, 0.25) is 0 Å². The molecule has 3 unspecified atom stereocenters. The summed E-state index contributed by atoms with van der Waals surface area (Å²) in [5, 5.41) is 0. The van der Waals surface area contributed by atoms with E-state index in [9.17, 15) is 9.59 Å². The summed E-state index contributed by atoms with van der Waals surface area (Å²) >= 11 is 1.79. The molecule has 7 nitrogen and oxygen atoms in total. The molecule has 2 amide bonds. The first kappa shape index (κ1) is 21.1. The van der Waals surface area contributed by atoms with Gasteiger partial charge in [0.15, 0.2) is 0 Å². The standard InChI is InChI=1S/C23H33N5O2S/c1-23-8-7-21(29)28(23)19(17-31-23)22(30)27-10-4-5-18(16-27)15-25-11-13-26(14-12-25)20-6-2-3-9-24-20/h2-3,6,9,18-19H,4-5,7-8,10-17H2,1H3. The second-order valence-corrected chi connectivity index (χ2v) is 11.0. The highest BCUT2D eigenvalue weighted by Crippen LogP contribution is 2.47. The average molecular weight is 444 g/mol. The molecule has 0 spiro atoms. The van der Waals surface area contributed by atoms with Crippen molar-refractivity contribution in [1.82, 2.24) is 19.7 Å². The molecular formula is C23H33N5O2S. The molecule has 0 saturated carbocycles. The van der Waals surface area contributed by atoms with Crippen molar-refractivity contribution in [3.05, 3.63) is 24.4 Å². The highest BCUT2D eigenvalue weighted by Gasteiger charge is 2.53. The van der Waals surface area contributed by atoms with Crippen molar-refractivity contribution in [2.45, 2.75) is 43.5 Å². The number of thioether (sulfide) groups is 1. The van der Waals surface area contributed by atoms with Crippen LogP contribution in [-0.2, 0) is 9.59 Å². The maximum atomic E-state index is 13.4. The van der Waals surface area contributed by atoms with Crippen molar-refractivity contribution in [2.75, 3.05) is 56.5 Å². The highest BCUT2D eigenvalue weighted by molar-refractivity contribution is 8.01. The van der Waals surface area contributed by atoms with E-state index in [1.807, 2.05) is 23.2 Å². The minimum Gasteiger partial charge on any atom is -0.354 e. The average Bonchev–Trinajstić information content (AvgIpc) is 3.30. The molecule has 0 aliphatic carbocycles. The van der Waals surface area contributed by atoms with Crippen LogP contribution in [0.3, 0.4) is 0 Å². The van der Waals surface area contributed by atoms with E-state index in [4.69, 9.17) is 0 Å². The number of pyridine rings is 1. The van der Waals surface area contributed by atoms with E-state index >= 15 is 0 Å². The minimum atomic E-state index is -0.259. The number of piperidine rings is 1. The third kappa shape index (κ3) is 4.16. The maximum Gasteiger partial charge on any atom is 0.246 e. The zero-order valence-corrected chi connectivity index (χ0v) is 19.2. The van der Waals surface area contributed by atoms with Crippen LogP contribution in [0, 0.1) is 5.92 Å². The van der Waals surface area contributed by atoms with Crippen LogP contribution in [0.4, 0.5) is 5.82 Å². The van der Waals surface area contributed by atoms with Crippen LogP contribution < -0.4 is 4.90 Å². The van der Waals surface area contributed by atoms with Gasteiger partial charge in [-0.3, -0.25) is 14.5 Å². The van der Waals surface area contributed by atoms with Gasteiger partial charge in [0.1, 0.15) is 11.9 Å². The van der Waals surface area contributed by atoms with Crippen LogP contribution in [0.5, 0.6) is 0 Å². The fourth-order valence-electron chi connectivity index (χ4n) is 5.69. The summed E-state index contributed by atoms with van der Waals surface area (Å²) in [4.78, 5) is 39.0. The van der Waals surface area contributed by atoms with E-state index in [1.54, 1.807) is 11.8 Å². The Morgan fingerprint density at radius 3 is 2.84 bits per heavy atom. The first-order valence-electron chi connectivity index (χ1n) is 11.7. The van der Waals surface area contributed by atoms with Gasteiger partial charge >= 0.3 is 0 Å². The molecule has 3 atom stereocenters. The molecule has 0 bridgehead atoms. The predicted molar refractivity (Wildman–Crippen MR) is 123 cm³/mol. The molecule has 8 heteroatoms. The fraction of sp³-hybridized carbons (Fsp3) is 0.696. The Kier molecular flexibility index (Phi) is 5.86. The van der Waals surface area contributed by atoms with Crippen molar-refractivity contribution < 1.29 is 9.59 Å². The summed E-state index contributed by atoms with van der Waals surface area (Å²) in [5.74, 6) is 2.67. The number of hydrogen-bond acceptors (Lipinski definition) is 6. The molecule has 4 fully saturated rings. The number of likely N-dealkylation sites (tertiary alicyclic amines) is 1. The minimum absolute atomic E-state index is 0.158. The summed E-state index contributed by atoms with van der Waals surface area (Å²) in [5.41, 5.74) is 0. The number of hydrogen-bond donors (Lipinski definition) is 0. The number of anilines is 1. The Hall–Kier alpha value is -1.80. The quantitative estimate of drug-likeness (QED) is 0.708. The van der Waals surface area contributed by atoms with Crippen LogP contribution in [0.1, 0.15) is 32.6 Å². The van der Waals surface area contributed by atoms with Crippen molar-refractivity contribution in [2.24, 2.45) is 5.92 Å². The van der Waals surface area contributed by atoms with Crippen molar-refractivity contribution in [1.29, 1.82) is 0 Å². The van der Waals surface area contributed by atoms with Gasteiger partial charge in [0.05, 0.1) is 4.87 Å². The fourth-order valence-corrected chi connectivity index (χ4v) is 7.12. The van der Waals surface area contributed by atoms with Gasteiger partial charge in [-0.05, 0) is 44.2 Å². The summed E-state index contributed by atoms with van der Waals surface area (Å²) in [6.45, 7) is 8.94. The van der Waals surface area contributed by atoms with E-state index in [0.717, 1.165) is 70.2 Å². The van der Waals surface area contributed by atoms with E-state index in [0.29, 0.717) is 12.3 Å². The van der Waals surface area contributed by atoms with Crippen LogP contribution in [0.25, 0.3) is 0 Å². The van der Waals surface area contributed by atoms with Gasteiger partial charge in [0.2, 0.25) is 11.8 Å². The first-order valence-corrected chi connectivity index (χ1v) is 12.7. The van der Waals surface area contributed by atoms with E-state index in [1.165, 1.54) is 6.42 Å². The lowest BCUT2D eigenvalue weighted by atomic mass is 9.96. The van der Waals surface area contributed by atoms with Crippen molar-refractivity contribution in [3.63, 3.8) is 0 Å². The zero-order valence-electron chi connectivity index (χ0n) is 18.4. The number of carbonyl (C=O) groups excluding carboxylic acids is 2. The highest BCUT2D eigenvalue weighted by atomic mass is 32.2. The van der Waals surface area contributed by atoms with Gasteiger partial charge in [-0.25, -0.2) is 4.98 Å². The number of fused-ring (bicyclic) bond motifs is 1. The molecule has 4 aliphatic rings. The van der Waals surface area contributed by atoms with E-state index in [2.05, 4.69) is 32.7 Å². The normalized spacial score (nSPS) is 31.9. The van der Waals surface area contributed by atoms with Gasteiger partial charge in [-0.15, -0.1) is 11.8 Å². The van der Waals surface area contributed by atoms with Crippen LogP contribution in [0.15, 0.2) is 24.4 Å². The first-order chi connectivity index (χ1) is 15.0. The van der Waals surface area contributed by atoms with Gasteiger partial charge in [-0.1, -0.05) is 6.07 Å². The number of amides is 2. The maximum absolute atomic E-state index is 13.4. The Morgan fingerprint density at radius 1 is 1.23 bits per heavy atom. The second kappa shape index (κ2) is 8.62. The van der Waals surface area contributed by atoms with E-state index < -0.39 is 0 Å². The summed E-state index contributed by atoms with van der Waals surface area (Å²) in [6.07, 6.45) is 5.56. The van der Waals surface area contributed by atoms with Crippen LogP contribution in [-0.4, -0.2) is 94.0 Å². The van der Waals surface area contributed by atoms with Gasteiger partial charge in [0, 0.05) is 64.2 Å². The molecular weight excluding hydrogens is 410 g/mol. The van der Waals surface area contributed by atoms with Gasteiger partial charge in [0.25, 0.3) is 0 Å². The predicted octanol–water partition coefficient (Wildman–Crippen LogP) is 1.90. The molecule has 1 aromatic rings. The SMILES string of the molecule is CC12CCC(=O)N1C(C(=O)N1CCCC(CN3CCN(c4ccccn4)CC3)C1)CS2. The summed E-state index contributed by atoms with van der Waals surface area (Å²) in [6, 6.07) is 5.83. The monoisotopic (exact) mass is 443 g/mol. The lowest BCUT2D eigenvalue weighted by Gasteiger charge is -2.40. The molecule has 31 heavy (non-hydrogen) atoms. The largest absolute Gasteiger partial charge is 0.354 e. The Morgan fingerprint density at radius 2 is 2.06 bits per heavy atom. The number of piperazine rings is 1. The van der Waals surface area contributed by atoms with Crippen molar-refractivity contribution in [3.8, 4) is 0 Å². The lowest BCUT2D eigenvalue weighted by Crippen LogP contribution is -2.54. The molecule has 1 aromatic heterocycles. The van der Waals surface area contributed by atoms with Gasteiger partial charge in [-0.2, -0.15) is 0 Å². The number of nitrogens with zero attached hydrogens (tertiary/aromatic N) is 5. The molecule has 0 radical (unpaired) electrons. The molecule has 4 saturated heterocycles. The van der Waals surface area contributed by atoms with E-state index in [-0.39, 0.29) is 22.7 Å². The molecule has 0 aromatic carbocycles. The van der Waals surface area contributed by atoms with Crippen LogP contribution >= 0.6 is 11.8 Å². The Labute approximate surface area is 189 Å². The second-order valence-electron chi connectivity index (χ2n) is 9.53. The molecule has 0 N–H and O–H groups in total. The molecule has 5 rings (SSSR count). The molecule has 4 aliphatic heterocycles. The molecule has 5 heterocycles. The number of rotatable bonds is 4. The summed E-state index contributed by atoms with van der Waals surface area (Å²) in [7, 11) is 0. The summed E-state index contributed by atoms with van der Waals surface area (Å²) < 4.78 is 0. The lowest BCUT2D eigenvalue weighted by molar-refractivity contribution is -0.145. The molecule has 168 valence electrons. The van der Waals surface area contributed by atoms with Gasteiger partial charge < -0.3 is 14.7 Å². The number of carbonyl (C=O) groups is 2. The Balaban J connectivity index is 1.14. The number of aromatic nitrogens is 1. The topological polar surface area (TPSA) is 60.0 Å².